The highest BCUT2D eigenvalue weighted by atomic mass is 16.3. The number of aliphatic imine (C=N–C) groups is 1. The van der Waals surface area contributed by atoms with Crippen molar-refractivity contribution in [2.75, 3.05) is 4.90 Å². The number of rotatable bonds is 3. The molecule has 0 bridgehead atoms. The van der Waals surface area contributed by atoms with Crippen molar-refractivity contribution >= 4 is 34.4 Å². The minimum Gasteiger partial charge on any atom is -0.508 e. The molecule has 0 unspecified atom stereocenters. The molecular weight excluding hydrogens is 378 g/mol. The van der Waals surface area contributed by atoms with Crippen molar-refractivity contribution in [2.24, 2.45) is 4.99 Å². The summed E-state index contributed by atoms with van der Waals surface area (Å²) in [5.41, 5.74) is 2.80. The molecule has 30 heavy (non-hydrogen) atoms. The summed E-state index contributed by atoms with van der Waals surface area (Å²) in [6.45, 7) is 0. The second kappa shape index (κ2) is 7.21. The highest BCUT2D eigenvalue weighted by Crippen LogP contribution is 2.31. The van der Waals surface area contributed by atoms with Gasteiger partial charge in [-0.15, -0.1) is 0 Å². The number of pyridine rings is 1. The van der Waals surface area contributed by atoms with Gasteiger partial charge >= 0.3 is 0 Å². The molecule has 1 aliphatic heterocycles. The van der Waals surface area contributed by atoms with Gasteiger partial charge in [0.05, 0.1) is 17.4 Å². The van der Waals surface area contributed by atoms with Gasteiger partial charge in [0.15, 0.2) is 5.84 Å². The first-order valence-electron chi connectivity index (χ1n) is 9.25. The van der Waals surface area contributed by atoms with Gasteiger partial charge in [0, 0.05) is 24.0 Å². The molecule has 0 radical (unpaired) electrons. The molecule has 0 spiro atoms. The predicted molar refractivity (Wildman–Crippen MR) is 114 cm³/mol. The fraction of sp³-hybridized carbons (Fsp3) is 0. The number of phenolic OH excluding ortho intramolecular Hbond substituents is 1. The van der Waals surface area contributed by atoms with Crippen LogP contribution in [-0.2, 0) is 4.79 Å². The number of aromatic hydroxyl groups is 1. The zero-order chi connectivity index (χ0) is 20.5. The van der Waals surface area contributed by atoms with Crippen LogP contribution in [0.25, 0.3) is 17.0 Å². The first-order valence-corrected chi connectivity index (χ1v) is 9.25. The Morgan fingerprint density at radius 1 is 0.900 bits per heavy atom. The van der Waals surface area contributed by atoms with Gasteiger partial charge in [-0.1, -0.05) is 30.3 Å². The molecule has 1 amide bonds. The molecule has 0 saturated heterocycles. The monoisotopic (exact) mass is 393 g/mol. The molecule has 3 heterocycles. The molecule has 0 fully saturated rings. The minimum absolute atomic E-state index is 0.155. The summed E-state index contributed by atoms with van der Waals surface area (Å²) in [5, 5.41) is 10.4. The topological polar surface area (TPSA) is 91.6 Å². The van der Waals surface area contributed by atoms with Crippen LogP contribution in [0.3, 0.4) is 0 Å². The maximum Gasteiger partial charge on any atom is 0.282 e. The Labute approximate surface area is 171 Å². The summed E-state index contributed by atoms with van der Waals surface area (Å²) >= 11 is 0. The van der Waals surface area contributed by atoms with Crippen LogP contribution in [0.1, 0.15) is 11.3 Å². The first-order chi connectivity index (χ1) is 14.7. The van der Waals surface area contributed by atoms with Gasteiger partial charge in [-0.05, 0) is 35.9 Å². The summed E-state index contributed by atoms with van der Waals surface area (Å²) in [6, 6.07) is 16.0. The number of hydrogen-bond donors (Lipinski definition) is 1. The van der Waals surface area contributed by atoms with Crippen molar-refractivity contribution in [2.45, 2.75) is 0 Å². The lowest BCUT2D eigenvalue weighted by molar-refractivity contribution is -0.113. The number of para-hydroxylation sites is 1. The smallest absolute Gasteiger partial charge is 0.282 e. The van der Waals surface area contributed by atoms with Crippen LogP contribution in [-0.4, -0.2) is 31.8 Å². The normalized spacial score (nSPS) is 15.1. The number of anilines is 1. The number of amides is 1. The molecule has 0 atom stereocenters. The zero-order valence-corrected chi connectivity index (χ0v) is 15.7. The molecule has 5 rings (SSSR count). The van der Waals surface area contributed by atoms with E-state index in [2.05, 4.69) is 19.9 Å². The van der Waals surface area contributed by atoms with E-state index in [9.17, 15) is 9.90 Å². The van der Waals surface area contributed by atoms with Crippen molar-refractivity contribution in [3.63, 3.8) is 0 Å². The van der Waals surface area contributed by atoms with Gasteiger partial charge < -0.3 is 5.11 Å². The summed E-state index contributed by atoms with van der Waals surface area (Å²) < 4.78 is 0. The van der Waals surface area contributed by atoms with Crippen LogP contribution in [0.15, 0.2) is 90.1 Å². The molecule has 7 heteroatoms. The molecule has 0 aliphatic carbocycles. The maximum absolute atomic E-state index is 13.4. The number of nitrogens with zero attached hydrogens (tertiary/aromatic N) is 5. The molecule has 2 aromatic heterocycles. The van der Waals surface area contributed by atoms with E-state index in [1.54, 1.807) is 55.1 Å². The van der Waals surface area contributed by atoms with Crippen LogP contribution in [0, 0.1) is 0 Å². The van der Waals surface area contributed by atoms with Gasteiger partial charge in [0.2, 0.25) is 0 Å². The van der Waals surface area contributed by atoms with E-state index in [4.69, 9.17) is 0 Å². The van der Waals surface area contributed by atoms with Crippen LogP contribution in [0.4, 0.5) is 5.69 Å². The second-order valence-corrected chi connectivity index (χ2v) is 6.64. The van der Waals surface area contributed by atoms with E-state index in [-0.39, 0.29) is 17.4 Å². The standard InChI is InChI=1S/C23H15N5O2/c29-17-8-6-15(7-9-17)13-18-23(30)28(22(27-18)19-14-24-11-12-25-19)20-5-1-3-16-4-2-10-26-21(16)20/h1-14,29H/b18-13+. The number of amidine groups is 1. The van der Waals surface area contributed by atoms with Crippen molar-refractivity contribution in [1.82, 2.24) is 15.0 Å². The lowest BCUT2D eigenvalue weighted by Crippen LogP contribution is -2.33. The van der Waals surface area contributed by atoms with Gasteiger partial charge in [0.25, 0.3) is 5.91 Å². The van der Waals surface area contributed by atoms with Gasteiger partial charge in [-0.3, -0.25) is 19.7 Å². The molecule has 144 valence electrons. The first kappa shape index (κ1) is 17.7. The highest BCUT2D eigenvalue weighted by molar-refractivity contribution is 6.34. The van der Waals surface area contributed by atoms with E-state index in [0.717, 1.165) is 10.9 Å². The summed E-state index contributed by atoms with van der Waals surface area (Å²) in [4.78, 5) is 32.5. The number of aromatic nitrogens is 3. The van der Waals surface area contributed by atoms with Crippen LogP contribution in [0.5, 0.6) is 5.75 Å². The summed E-state index contributed by atoms with van der Waals surface area (Å²) in [5.74, 6) is 0.250. The SMILES string of the molecule is O=C1/C(=C\c2ccc(O)cc2)N=C(c2cnccn2)N1c1cccc2cccnc12. The van der Waals surface area contributed by atoms with Gasteiger partial charge in [-0.2, -0.15) is 0 Å². The molecule has 4 aromatic rings. The Morgan fingerprint density at radius 2 is 1.73 bits per heavy atom. The average molecular weight is 393 g/mol. The number of phenols is 1. The molecule has 0 saturated carbocycles. The lowest BCUT2D eigenvalue weighted by atomic mass is 10.1. The number of carbonyl (C=O) groups excluding carboxylic acids is 1. The minimum atomic E-state index is -0.290. The number of carbonyl (C=O) groups is 1. The van der Waals surface area contributed by atoms with Crippen molar-refractivity contribution in [1.29, 1.82) is 0 Å². The Hall–Kier alpha value is -4.39. The van der Waals surface area contributed by atoms with E-state index >= 15 is 0 Å². The summed E-state index contributed by atoms with van der Waals surface area (Å²) in [7, 11) is 0. The number of hydrogen-bond acceptors (Lipinski definition) is 6. The third-order valence-electron chi connectivity index (χ3n) is 4.70. The summed E-state index contributed by atoms with van der Waals surface area (Å²) in [6.07, 6.45) is 8.07. The van der Waals surface area contributed by atoms with Gasteiger partial charge in [0.1, 0.15) is 17.1 Å². The largest absolute Gasteiger partial charge is 0.508 e. The second-order valence-electron chi connectivity index (χ2n) is 6.64. The third-order valence-corrected chi connectivity index (χ3v) is 4.70. The van der Waals surface area contributed by atoms with Gasteiger partial charge in [-0.25, -0.2) is 9.98 Å². The number of benzene rings is 2. The van der Waals surface area contributed by atoms with Crippen molar-refractivity contribution in [3.8, 4) is 5.75 Å². The zero-order valence-electron chi connectivity index (χ0n) is 15.7. The van der Waals surface area contributed by atoms with Crippen LogP contribution < -0.4 is 4.90 Å². The predicted octanol–water partition coefficient (Wildman–Crippen LogP) is 3.56. The van der Waals surface area contributed by atoms with E-state index in [1.165, 1.54) is 4.90 Å². The van der Waals surface area contributed by atoms with Crippen molar-refractivity contribution in [3.05, 3.63) is 96.3 Å². The Kier molecular flexibility index (Phi) is 4.25. The molecular formula is C23H15N5O2. The number of fused-ring (bicyclic) bond motifs is 1. The van der Waals surface area contributed by atoms with E-state index < -0.39 is 0 Å². The molecule has 1 aliphatic rings. The average Bonchev–Trinajstić information content (AvgIpc) is 3.11. The van der Waals surface area contributed by atoms with Crippen LogP contribution >= 0.6 is 0 Å². The van der Waals surface area contributed by atoms with Crippen LogP contribution in [0.2, 0.25) is 0 Å². The maximum atomic E-state index is 13.4. The lowest BCUT2D eigenvalue weighted by Gasteiger charge is -2.19. The Morgan fingerprint density at radius 3 is 2.53 bits per heavy atom. The Balaban J connectivity index is 1.68. The fourth-order valence-electron chi connectivity index (χ4n) is 3.32. The third kappa shape index (κ3) is 3.08. The van der Waals surface area contributed by atoms with E-state index in [0.29, 0.717) is 22.7 Å². The Bertz CT molecular complexity index is 1310. The van der Waals surface area contributed by atoms with E-state index in [1.807, 2.05) is 30.3 Å². The molecule has 7 nitrogen and oxygen atoms in total. The fourth-order valence-corrected chi connectivity index (χ4v) is 3.32. The quantitative estimate of drug-likeness (QED) is 0.537. The van der Waals surface area contributed by atoms with Crippen molar-refractivity contribution < 1.29 is 9.90 Å². The highest BCUT2D eigenvalue weighted by Gasteiger charge is 2.34. The molecule has 1 N–H and O–H groups in total. The molecule has 2 aromatic carbocycles.